The summed E-state index contributed by atoms with van der Waals surface area (Å²) in [5.41, 5.74) is 3.01. The summed E-state index contributed by atoms with van der Waals surface area (Å²) in [5.74, 6) is -0.156. The van der Waals surface area contributed by atoms with Gasteiger partial charge in [-0.15, -0.1) is 0 Å². The van der Waals surface area contributed by atoms with Crippen molar-refractivity contribution >= 4 is 33.4 Å². The van der Waals surface area contributed by atoms with E-state index in [2.05, 4.69) is 26.3 Å². The second kappa shape index (κ2) is 8.18. The Bertz CT molecular complexity index is 947. The first-order valence-electron chi connectivity index (χ1n) is 8.33. The maximum Gasteiger partial charge on any atom is 0.255 e. The molecule has 0 aliphatic carbocycles. The van der Waals surface area contributed by atoms with E-state index in [1.165, 1.54) is 0 Å². The van der Waals surface area contributed by atoms with Crippen LogP contribution < -0.4 is 5.32 Å². The first-order chi connectivity index (χ1) is 12.9. The molecule has 2 aromatic carbocycles. The van der Waals surface area contributed by atoms with Gasteiger partial charge in [-0.1, -0.05) is 12.1 Å². The molecule has 0 bridgehead atoms. The van der Waals surface area contributed by atoms with E-state index < -0.39 is 0 Å². The number of carbonyl (C=O) groups is 2. The van der Waals surface area contributed by atoms with E-state index in [1.54, 1.807) is 54.1 Å². The summed E-state index contributed by atoms with van der Waals surface area (Å²) in [7, 11) is 3.46. The molecule has 27 heavy (non-hydrogen) atoms. The molecule has 1 aromatic heterocycles. The number of likely N-dealkylation sites (N-methyl/N-ethyl adjacent to an activating group) is 1. The molecular formula is C20H19BrN4O2. The van der Waals surface area contributed by atoms with Crippen molar-refractivity contribution < 1.29 is 9.59 Å². The number of anilines is 1. The number of rotatable bonds is 5. The molecule has 0 spiro atoms. The van der Waals surface area contributed by atoms with E-state index >= 15 is 0 Å². The third kappa shape index (κ3) is 4.83. The lowest BCUT2D eigenvalue weighted by atomic mass is 10.1. The number of carbonyl (C=O) groups excluding carboxylic acids is 2. The van der Waals surface area contributed by atoms with Gasteiger partial charge in [0.15, 0.2) is 0 Å². The van der Waals surface area contributed by atoms with Gasteiger partial charge in [0.25, 0.3) is 5.91 Å². The highest BCUT2D eigenvalue weighted by atomic mass is 79.9. The Morgan fingerprint density at radius 2 is 1.74 bits per heavy atom. The quantitative estimate of drug-likeness (QED) is 0.678. The third-order valence-electron chi connectivity index (χ3n) is 4.01. The fraction of sp³-hybridized carbons (Fsp3) is 0.150. The zero-order valence-electron chi connectivity index (χ0n) is 15.0. The molecule has 0 saturated carbocycles. The first kappa shape index (κ1) is 18.8. The summed E-state index contributed by atoms with van der Waals surface area (Å²) in [6.45, 7) is 0. The van der Waals surface area contributed by atoms with E-state index in [1.807, 2.05) is 30.5 Å². The Morgan fingerprint density at radius 1 is 1.07 bits per heavy atom. The van der Waals surface area contributed by atoms with Crippen LogP contribution in [0.5, 0.6) is 0 Å². The maximum absolute atomic E-state index is 12.4. The van der Waals surface area contributed by atoms with Crippen LogP contribution in [0.15, 0.2) is 65.4 Å². The molecule has 138 valence electrons. The minimum Gasteiger partial charge on any atom is -0.349 e. The Hall–Kier alpha value is -2.93. The Morgan fingerprint density at radius 3 is 2.30 bits per heavy atom. The number of benzene rings is 2. The molecule has 0 saturated heterocycles. The molecule has 0 radical (unpaired) electrons. The number of hydrogen-bond acceptors (Lipinski definition) is 3. The van der Waals surface area contributed by atoms with Gasteiger partial charge in [-0.2, -0.15) is 5.10 Å². The second-order valence-corrected chi connectivity index (χ2v) is 7.18. The lowest BCUT2D eigenvalue weighted by Crippen LogP contribution is -2.23. The molecule has 0 fully saturated rings. The van der Waals surface area contributed by atoms with Gasteiger partial charge >= 0.3 is 0 Å². The molecule has 3 aromatic rings. The average Bonchev–Trinajstić information content (AvgIpc) is 3.09. The van der Waals surface area contributed by atoms with Crippen molar-refractivity contribution in [3.63, 3.8) is 0 Å². The summed E-state index contributed by atoms with van der Waals surface area (Å²) in [4.78, 5) is 25.7. The first-order valence-corrected chi connectivity index (χ1v) is 9.13. The van der Waals surface area contributed by atoms with Crippen molar-refractivity contribution in [2.24, 2.45) is 0 Å². The molecule has 1 N–H and O–H groups in total. The normalized spacial score (nSPS) is 10.5. The van der Waals surface area contributed by atoms with Crippen molar-refractivity contribution in [2.75, 3.05) is 19.4 Å². The number of nitrogens with one attached hydrogen (secondary N) is 1. The summed E-state index contributed by atoms with van der Waals surface area (Å²) >= 11 is 3.36. The van der Waals surface area contributed by atoms with E-state index in [0.29, 0.717) is 17.7 Å². The lowest BCUT2D eigenvalue weighted by molar-refractivity contribution is -0.127. The van der Waals surface area contributed by atoms with Crippen LogP contribution in [0.2, 0.25) is 0 Å². The SMILES string of the molecule is CN(C)C(=O)Cc1ccc(NC(=O)c2ccc(-n3cc(Br)cn3)cc2)cc1. The Kier molecular flexibility index (Phi) is 5.71. The topological polar surface area (TPSA) is 67.2 Å². The van der Waals surface area contributed by atoms with Crippen LogP contribution in [0.3, 0.4) is 0 Å². The van der Waals surface area contributed by atoms with Crippen LogP contribution >= 0.6 is 15.9 Å². The molecule has 0 aliphatic heterocycles. The zero-order valence-corrected chi connectivity index (χ0v) is 16.6. The van der Waals surface area contributed by atoms with Gasteiger partial charge in [0.05, 0.1) is 22.8 Å². The standard InChI is InChI=1S/C20H19BrN4O2/c1-24(2)19(26)11-14-3-7-17(8-4-14)23-20(27)15-5-9-18(10-6-15)25-13-16(21)12-22-25/h3-10,12-13H,11H2,1-2H3,(H,23,27). The number of aromatic nitrogens is 2. The molecule has 0 unspecified atom stereocenters. The highest BCUT2D eigenvalue weighted by Crippen LogP contribution is 2.15. The highest BCUT2D eigenvalue weighted by Gasteiger charge is 2.09. The number of amides is 2. The molecule has 0 aliphatic rings. The molecular weight excluding hydrogens is 408 g/mol. The van der Waals surface area contributed by atoms with Crippen LogP contribution in [0.4, 0.5) is 5.69 Å². The minimum atomic E-state index is -0.194. The van der Waals surface area contributed by atoms with Gasteiger partial charge < -0.3 is 10.2 Å². The van der Waals surface area contributed by atoms with Crippen molar-refractivity contribution in [1.29, 1.82) is 0 Å². The van der Waals surface area contributed by atoms with E-state index in [4.69, 9.17) is 0 Å². The molecule has 1 heterocycles. The van der Waals surface area contributed by atoms with Crippen molar-refractivity contribution in [1.82, 2.24) is 14.7 Å². The van der Waals surface area contributed by atoms with Crippen LogP contribution in [0.1, 0.15) is 15.9 Å². The monoisotopic (exact) mass is 426 g/mol. The molecule has 0 atom stereocenters. The number of nitrogens with zero attached hydrogens (tertiary/aromatic N) is 3. The van der Waals surface area contributed by atoms with Gasteiger partial charge in [-0.25, -0.2) is 4.68 Å². The van der Waals surface area contributed by atoms with Crippen LogP contribution in [-0.4, -0.2) is 40.6 Å². The predicted molar refractivity (Wildman–Crippen MR) is 108 cm³/mol. The van der Waals surface area contributed by atoms with E-state index in [0.717, 1.165) is 15.7 Å². The molecule has 7 heteroatoms. The maximum atomic E-state index is 12.4. The molecule has 6 nitrogen and oxygen atoms in total. The van der Waals surface area contributed by atoms with Crippen LogP contribution in [0.25, 0.3) is 5.69 Å². The van der Waals surface area contributed by atoms with Gasteiger partial charge in [-0.05, 0) is 57.9 Å². The van der Waals surface area contributed by atoms with Crippen molar-refractivity contribution in [3.8, 4) is 5.69 Å². The zero-order chi connectivity index (χ0) is 19.4. The third-order valence-corrected chi connectivity index (χ3v) is 4.42. The van der Waals surface area contributed by atoms with E-state index in [9.17, 15) is 9.59 Å². The largest absolute Gasteiger partial charge is 0.349 e. The fourth-order valence-corrected chi connectivity index (χ4v) is 2.74. The predicted octanol–water partition coefficient (Wildman–Crippen LogP) is 3.52. The van der Waals surface area contributed by atoms with Gasteiger partial charge in [0.2, 0.25) is 5.91 Å². The summed E-state index contributed by atoms with van der Waals surface area (Å²) in [5, 5.41) is 7.07. The fourth-order valence-electron chi connectivity index (χ4n) is 2.45. The molecule has 3 rings (SSSR count). The highest BCUT2D eigenvalue weighted by molar-refractivity contribution is 9.10. The molecule has 2 amide bonds. The summed E-state index contributed by atoms with van der Waals surface area (Å²) in [6, 6.07) is 14.5. The van der Waals surface area contributed by atoms with E-state index in [-0.39, 0.29) is 11.8 Å². The van der Waals surface area contributed by atoms with Gasteiger partial charge in [0.1, 0.15) is 0 Å². The summed E-state index contributed by atoms with van der Waals surface area (Å²) in [6.07, 6.45) is 3.89. The average molecular weight is 427 g/mol. The minimum absolute atomic E-state index is 0.0380. The second-order valence-electron chi connectivity index (χ2n) is 6.27. The smallest absolute Gasteiger partial charge is 0.255 e. The van der Waals surface area contributed by atoms with Crippen LogP contribution in [0, 0.1) is 0 Å². The summed E-state index contributed by atoms with van der Waals surface area (Å²) < 4.78 is 2.61. The number of hydrogen-bond donors (Lipinski definition) is 1. The van der Waals surface area contributed by atoms with Crippen molar-refractivity contribution in [2.45, 2.75) is 6.42 Å². The Labute approximate surface area is 165 Å². The van der Waals surface area contributed by atoms with Crippen LogP contribution in [-0.2, 0) is 11.2 Å². The number of halogens is 1. The van der Waals surface area contributed by atoms with Crippen molar-refractivity contribution in [3.05, 3.63) is 76.5 Å². The lowest BCUT2D eigenvalue weighted by Gasteiger charge is -2.11. The Balaban J connectivity index is 1.64. The van der Waals surface area contributed by atoms with Gasteiger partial charge in [0, 0.05) is 31.5 Å². The van der Waals surface area contributed by atoms with Gasteiger partial charge in [-0.3, -0.25) is 9.59 Å².